The second-order valence-corrected chi connectivity index (χ2v) is 7.19. The van der Waals surface area contributed by atoms with Gasteiger partial charge in [-0.3, -0.25) is 0 Å². The minimum atomic E-state index is -0.508. The van der Waals surface area contributed by atoms with Gasteiger partial charge >= 0.3 is 6.09 Å². The first kappa shape index (κ1) is 19.3. The largest absolute Gasteiger partial charge is 0.444 e. The van der Waals surface area contributed by atoms with Gasteiger partial charge in [-0.25, -0.2) is 4.79 Å². The van der Waals surface area contributed by atoms with Crippen LogP contribution in [0.25, 0.3) is 0 Å². The Labute approximate surface area is 139 Å². The number of hydrogen-bond donors (Lipinski definition) is 3. The van der Waals surface area contributed by atoms with Gasteiger partial charge in [0.05, 0.1) is 6.61 Å². The monoisotopic (exact) mass is 322 g/mol. The van der Waals surface area contributed by atoms with E-state index in [0.29, 0.717) is 13.1 Å². The highest BCUT2D eigenvalue weighted by Gasteiger charge is 2.21. The van der Waals surface area contributed by atoms with Crippen LogP contribution in [0.3, 0.4) is 0 Å². The van der Waals surface area contributed by atoms with Crippen LogP contribution in [0.1, 0.15) is 46.6 Å². The molecule has 0 spiro atoms. The summed E-state index contributed by atoms with van der Waals surface area (Å²) in [5, 5.41) is 15.6. The van der Waals surface area contributed by atoms with Crippen LogP contribution in [0, 0.1) is 5.41 Å². The molecule has 5 nitrogen and oxygen atoms in total. The molecule has 0 aromatic heterocycles. The highest BCUT2D eigenvalue weighted by Crippen LogP contribution is 2.23. The lowest BCUT2D eigenvalue weighted by molar-refractivity contribution is 0.0523. The first-order valence-electron chi connectivity index (χ1n) is 8.08. The topological polar surface area (TPSA) is 70.6 Å². The number of alkyl carbamates (subject to hydrolysis) is 1. The molecule has 0 radical (unpaired) electrons. The zero-order chi connectivity index (χ0) is 17.5. The summed E-state index contributed by atoms with van der Waals surface area (Å²) in [6.45, 7) is 10.8. The summed E-state index contributed by atoms with van der Waals surface area (Å²) in [7, 11) is 0. The van der Waals surface area contributed by atoms with Crippen molar-refractivity contribution in [2.75, 3.05) is 18.5 Å². The Bertz CT molecular complexity index is 505. The molecule has 0 saturated carbocycles. The minimum Gasteiger partial charge on any atom is -0.444 e. The van der Waals surface area contributed by atoms with Gasteiger partial charge in [-0.1, -0.05) is 32.0 Å². The zero-order valence-corrected chi connectivity index (χ0v) is 14.9. The van der Waals surface area contributed by atoms with Gasteiger partial charge in [0.15, 0.2) is 0 Å². The van der Waals surface area contributed by atoms with Crippen molar-refractivity contribution in [2.45, 2.75) is 53.2 Å². The number of para-hydroxylation sites is 1. The number of aliphatic hydroxyl groups excluding tert-OH is 1. The lowest BCUT2D eigenvalue weighted by Gasteiger charge is -2.27. The van der Waals surface area contributed by atoms with Gasteiger partial charge in [0, 0.05) is 24.2 Å². The predicted octanol–water partition coefficient (Wildman–Crippen LogP) is 3.53. The van der Waals surface area contributed by atoms with E-state index in [2.05, 4.69) is 17.6 Å². The lowest BCUT2D eigenvalue weighted by Crippen LogP contribution is -2.32. The molecule has 0 heterocycles. The first-order valence-corrected chi connectivity index (χ1v) is 8.08. The van der Waals surface area contributed by atoms with Crippen molar-refractivity contribution >= 4 is 11.8 Å². The Balaban J connectivity index is 2.65. The van der Waals surface area contributed by atoms with E-state index in [0.717, 1.165) is 17.7 Å². The van der Waals surface area contributed by atoms with E-state index in [1.807, 2.05) is 52.0 Å². The third kappa shape index (κ3) is 6.91. The van der Waals surface area contributed by atoms with E-state index in [9.17, 15) is 9.90 Å². The lowest BCUT2D eigenvalue weighted by atomic mass is 9.88. The standard InChI is InChI=1S/C18H30N2O3/c1-6-18(5,13-21)12-20-15-10-8-7-9-14(15)11-19-16(22)23-17(2,3)4/h7-10,20-21H,6,11-13H2,1-5H3,(H,19,22). The number of benzene rings is 1. The van der Waals surface area contributed by atoms with Crippen LogP contribution in [-0.2, 0) is 11.3 Å². The van der Waals surface area contributed by atoms with E-state index in [4.69, 9.17) is 4.74 Å². The molecule has 1 rings (SSSR count). The SMILES string of the molecule is CCC(C)(CO)CNc1ccccc1CNC(=O)OC(C)(C)C. The summed E-state index contributed by atoms with van der Waals surface area (Å²) in [5.41, 5.74) is 1.27. The Kier molecular flexibility index (Phi) is 6.88. The zero-order valence-electron chi connectivity index (χ0n) is 14.9. The molecule has 1 unspecified atom stereocenters. The second kappa shape index (κ2) is 8.20. The average Bonchev–Trinajstić information content (AvgIpc) is 2.49. The van der Waals surface area contributed by atoms with Crippen LogP contribution in [0.2, 0.25) is 0 Å². The molecule has 23 heavy (non-hydrogen) atoms. The van der Waals surface area contributed by atoms with Crippen LogP contribution in [0.5, 0.6) is 0 Å². The molecule has 1 atom stereocenters. The van der Waals surface area contributed by atoms with Gasteiger partial charge < -0.3 is 20.5 Å². The number of carbonyl (C=O) groups is 1. The van der Waals surface area contributed by atoms with Crippen molar-refractivity contribution < 1.29 is 14.6 Å². The number of carbonyl (C=O) groups excluding carboxylic acids is 1. The summed E-state index contributed by atoms with van der Waals surface area (Å²) < 4.78 is 5.24. The van der Waals surface area contributed by atoms with Crippen LogP contribution in [0.4, 0.5) is 10.5 Å². The average molecular weight is 322 g/mol. The molecule has 0 aliphatic carbocycles. The molecule has 1 aromatic carbocycles. The van der Waals surface area contributed by atoms with E-state index < -0.39 is 11.7 Å². The van der Waals surface area contributed by atoms with Crippen molar-refractivity contribution in [3.8, 4) is 0 Å². The van der Waals surface area contributed by atoms with Crippen molar-refractivity contribution in [3.05, 3.63) is 29.8 Å². The maximum Gasteiger partial charge on any atom is 0.407 e. The summed E-state index contributed by atoms with van der Waals surface area (Å²) >= 11 is 0. The molecule has 0 fully saturated rings. The molecule has 1 aromatic rings. The molecule has 5 heteroatoms. The summed E-state index contributed by atoms with van der Waals surface area (Å²) in [5.74, 6) is 0. The Morgan fingerprint density at radius 2 is 1.87 bits per heavy atom. The normalized spacial score (nSPS) is 14.0. The molecule has 0 saturated heterocycles. The molecular weight excluding hydrogens is 292 g/mol. The fraction of sp³-hybridized carbons (Fsp3) is 0.611. The Morgan fingerprint density at radius 3 is 2.43 bits per heavy atom. The molecule has 3 N–H and O–H groups in total. The second-order valence-electron chi connectivity index (χ2n) is 7.19. The van der Waals surface area contributed by atoms with E-state index in [1.165, 1.54) is 0 Å². The Morgan fingerprint density at radius 1 is 1.22 bits per heavy atom. The van der Waals surface area contributed by atoms with Gasteiger partial charge in [-0.15, -0.1) is 0 Å². The fourth-order valence-electron chi connectivity index (χ4n) is 1.93. The minimum absolute atomic E-state index is 0.134. The van der Waals surface area contributed by atoms with Crippen molar-refractivity contribution in [1.82, 2.24) is 5.32 Å². The van der Waals surface area contributed by atoms with E-state index in [-0.39, 0.29) is 12.0 Å². The molecule has 1 amide bonds. The predicted molar refractivity (Wildman–Crippen MR) is 93.5 cm³/mol. The van der Waals surface area contributed by atoms with Gasteiger partial charge in [0.1, 0.15) is 5.60 Å². The first-order chi connectivity index (χ1) is 10.7. The number of rotatable bonds is 7. The maximum absolute atomic E-state index is 11.8. The number of ether oxygens (including phenoxy) is 1. The smallest absolute Gasteiger partial charge is 0.407 e. The number of aliphatic hydroxyl groups is 1. The Hall–Kier alpha value is -1.75. The van der Waals surface area contributed by atoms with E-state index >= 15 is 0 Å². The van der Waals surface area contributed by atoms with Gasteiger partial charge in [-0.05, 0) is 38.8 Å². The number of anilines is 1. The third-order valence-corrected chi connectivity index (χ3v) is 3.78. The number of nitrogens with one attached hydrogen (secondary N) is 2. The number of amides is 1. The van der Waals surface area contributed by atoms with Gasteiger partial charge in [-0.2, -0.15) is 0 Å². The van der Waals surface area contributed by atoms with Crippen LogP contribution in [-0.4, -0.2) is 30.0 Å². The highest BCUT2D eigenvalue weighted by atomic mass is 16.6. The third-order valence-electron chi connectivity index (χ3n) is 3.78. The molecule has 0 aliphatic rings. The molecule has 0 aliphatic heterocycles. The van der Waals surface area contributed by atoms with Crippen molar-refractivity contribution in [2.24, 2.45) is 5.41 Å². The van der Waals surface area contributed by atoms with Crippen LogP contribution >= 0.6 is 0 Å². The number of hydrogen-bond acceptors (Lipinski definition) is 4. The quantitative estimate of drug-likeness (QED) is 0.718. The highest BCUT2D eigenvalue weighted by molar-refractivity contribution is 5.68. The van der Waals surface area contributed by atoms with Gasteiger partial charge in [0.25, 0.3) is 0 Å². The van der Waals surface area contributed by atoms with Crippen LogP contribution < -0.4 is 10.6 Å². The van der Waals surface area contributed by atoms with Crippen molar-refractivity contribution in [3.63, 3.8) is 0 Å². The summed E-state index contributed by atoms with van der Waals surface area (Å²) in [6.07, 6.45) is 0.454. The van der Waals surface area contributed by atoms with E-state index in [1.54, 1.807) is 0 Å². The van der Waals surface area contributed by atoms with Crippen molar-refractivity contribution in [1.29, 1.82) is 0 Å². The molecular formula is C18H30N2O3. The van der Waals surface area contributed by atoms with Crippen LogP contribution in [0.15, 0.2) is 24.3 Å². The molecule has 130 valence electrons. The maximum atomic E-state index is 11.8. The molecule has 0 bridgehead atoms. The fourth-order valence-corrected chi connectivity index (χ4v) is 1.93. The van der Waals surface area contributed by atoms with Gasteiger partial charge in [0.2, 0.25) is 0 Å². The summed E-state index contributed by atoms with van der Waals surface area (Å²) in [4.78, 5) is 11.8. The summed E-state index contributed by atoms with van der Waals surface area (Å²) in [6, 6.07) is 7.81.